The van der Waals surface area contributed by atoms with Crippen molar-refractivity contribution in [1.82, 2.24) is 10.2 Å². The summed E-state index contributed by atoms with van der Waals surface area (Å²) >= 11 is 0. The molecule has 1 aliphatic rings. The van der Waals surface area contributed by atoms with E-state index >= 15 is 0 Å². The number of benzene rings is 1. The number of nitrogens with one attached hydrogen (secondary N) is 1. The smallest absolute Gasteiger partial charge is 0.417 e. The van der Waals surface area contributed by atoms with Crippen LogP contribution in [0.5, 0.6) is 0 Å². The second-order valence-electron chi connectivity index (χ2n) is 9.50. The second kappa shape index (κ2) is 10.8. The molecule has 1 aromatic carbocycles. The first kappa shape index (κ1) is 25.6. The van der Waals surface area contributed by atoms with Gasteiger partial charge in [0.2, 0.25) is 5.91 Å². The van der Waals surface area contributed by atoms with Gasteiger partial charge in [0.25, 0.3) is 0 Å². The zero-order chi connectivity index (χ0) is 24.1. The minimum atomic E-state index is -0.910. The first-order valence-corrected chi connectivity index (χ1v) is 11.2. The van der Waals surface area contributed by atoms with Gasteiger partial charge in [-0.2, -0.15) is 0 Å². The first-order chi connectivity index (χ1) is 14.9. The van der Waals surface area contributed by atoms with E-state index in [-0.39, 0.29) is 6.04 Å². The molecule has 1 heterocycles. The molecule has 0 radical (unpaired) electrons. The van der Waals surface area contributed by atoms with Gasteiger partial charge in [-0.25, -0.2) is 14.5 Å². The third-order valence-corrected chi connectivity index (χ3v) is 5.50. The number of nitrogens with zero attached hydrogens (tertiary/aromatic N) is 1. The monoisotopic (exact) mass is 448 g/mol. The van der Waals surface area contributed by atoms with E-state index in [2.05, 4.69) is 5.32 Å². The maximum Gasteiger partial charge on any atom is 0.417 e. The summed E-state index contributed by atoms with van der Waals surface area (Å²) in [6.07, 6.45) is -1.03. The number of rotatable bonds is 8. The number of amides is 3. The average molecular weight is 449 g/mol. The number of hydrogen-bond donors (Lipinski definition) is 2. The largest absolute Gasteiger partial charge is 0.444 e. The van der Waals surface area contributed by atoms with Crippen molar-refractivity contribution >= 4 is 18.1 Å². The van der Waals surface area contributed by atoms with Crippen LogP contribution in [0.4, 0.5) is 9.59 Å². The standard InChI is InChI=1S/C24H36N2O6/c1-15(25-22(29)32-24(4,5)6)11-10-14-19(27)16(2)21(28)26-17(3)20(31-23(26)30)18-12-8-7-9-13-18/h7-9,12-13,15-17,19-20,27H,10-11,14H2,1-6H3,(H,25,29)/t15-,16?,17?,19?,20?/m0/s1. The van der Waals surface area contributed by atoms with E-state index in [9.17, 15) is 19.5 Å². The molecular formula is C24H36N2O6. The number of aliphatic hydroxyl groups is 1. The Kier molecular flexibility index (Phi) is 8.66. The van der Waals surface area contributed by atoms with Crippen molar-refractivity contribution in [2.45, 2.75) is 90.7 Å². The maximum atomic E-state index is 13.0. The fraction of sp³-hybridized carbons (Fsp3) is 0.625. The predicted molar refractivity (Wildman–Crippen MR) is 120 cm³/mol. The van der Waals surface area contributed by atoms with Crippen molar-refractivity contribution in [2.24, 2.45) is 5.92 Å². The fourth-order valence-electron chi connectivity index (χ4n) is 3.69. The predicted octanol–water partition coefficient (Wildman–Crippen LogP) is 4.18. The van der Waals surface area contributed by atoms with Gasteiger partial charge in [0.1, 0.15) is 11.7 Å². The number of carbonyl (C=O) groups excluding carboxylic acids is 3. The van der Waals surface area contributed by atoms with Crippen LogP contribution in [0, 0.1) is 5.92 Å². The van der Waals surface area contributed by atoms with E-state index in [0.717, 1.165) is 10.5 Å². The molecule has 8 heteroatoms. The molecule has 5 atom stereocenters. The van der Waals surface area contributed by atoms with Crippen LogP contribution in [0.3, 0.4) is 0 Å². The number of alkyl carbamates (subject to hydrolysis) is 1. The van der Waals surface area contributed by atoms with Crippen molar-refractivity contribution in [2.75, 3.05) is 0 Å². The lowest BCUT2D eigenvalue weighted by Gasteiger charge is -2.25. The Balaban J connectivity index is 1.84. The van der Waals surface area contributed by atoms with Gasteiger partial charge < -0.3 is 19.9 Å². The summed E-state index contributed by atoms with van der Waals surface area (Å²) in [7, 11) is 0. The zero-order valence-corrected chi connectivity index (χ0v) is 19.8. The highest BCUT2D eigenvalue weighted by molar-refractivity contribution is 5.95. The number of cyclic esters (lactones) is 1. The SMILES string of the molecule is CC(C(=O)N1C(=O)OC(c2ccccc2)C1C)C(O)CCC[C@H](C)NC(=O)OC(C)(C)C. The summed E-state index contributed by atoms with van der Waals surface area (Å²) in [4.78, 5) is 38.3. The van der Waals surface area contributed by atoms with E-state index in [1.54, 1.807) is 34.6 Å². The first-order valence-electron chi connectivity index (χ1n) is 11.2. The lowest BCUT2D eigenvalue weighted by molar-refractivity contribution is -0.136. The van der Waals surface area contributed by atoms with E-state index in [4.69, 9.17) is 9.47 Å². The van der Waals surface area contributed by atoms with E-state index in [0.29, 0.717) is 19.3 Å². The molecule has 2 rings (SSSR count). The van der Waals surface area contributed by atoms with Gasteiger partial charge in [0.05, 0.1) is 18.1 Å². The van der Waals surface area contributed by atoms with Gasteiger partial charge in [0.15, 0.2) is 0 Å². The summed E-state index contributed by atoms with van der Waals surface area (Å²) < 4.78 is 10.7. The van der Waals surface area contributed by atoms with Crippen LogP contribution >= 0.6 is 0 Å². The third-order valence-electron chi connectivity index (χ3n) is 5.50. The van der Waals surface area contributed by atoms with Gasteiger partial charge in [-0.1, -0.05) is 37.3 Å². The molecular weight excluding hydrogens is 412 g/mol. The fourth-order valence-corrected chi connectivity index (χ4v) is 3.69. The zero-order valence-electron chi connectivity index (χ0n) is 19.8. The number of hydrogen-bond acceptors (Lipinski definition) is 6. The van der Waals surface area contributed by atoms with Gasteiger partial charge >= 0.3 is 12.2 Å². The quantitative estimate of drug-likeness (QED) is 0.618. The number of imide groups is 1. The molecule has 0 saturated carbocycles. The molecule has 1 aromatic rings. The topological polar surface area (TPSA) is 105 Å². The van der Waals surface area contributed by atoms with Crippen molar-refractivity contribution in [3.63, 3.8) is 0 Å². The Morgan fingerprint density at radius 3 is 2.41 bits per heavy atom. The van der Waals surface area contributed by atoms with Gasteiger partial charge in [0, 0.05) is 6.04 Å². The van der Waals surface area contributed by atoms with Crippen LogP contribution in [0.15, 0.2) is 30.3 Å². The maximum absolute atomic E-state index is 13.0. The van der Waals surface area contributed by atoms with Gasteiger partial charge in [-0.3, -0.25) is 4.79 Å². The molecule has 1 aliphatic heterocycles. The molecule has 0 aliphatic carbocycles. The molecule has 32 heavy (non-hydrogen) atoms. The highest BCUT2D eigenvalue weighted by atomic mass is 16.6. The lowest BCUT2D eigenvalue weighted by Crippen LogP contribution is -2.44. The van der Waals surface area contributed by atoms with Crippen LogP contribution in [-0.2, 0) is 14.3 Å². The molecule has 1 fully saturated rings. The van der Waals surface area contributed by atoms with Crippen molar-refractivity contribution in [1.29, 1.82) is 0 Å². The van der Waals surface area contributed by atoms with Crippen LogP contribution in [0.2, 0.25) is 0 Å². The Morgan fingerprint density at radius 1 is 1.19 bits per heavy atom. The number of aliphatic hydroxyl groups excluding tert-OH is 1. The van der Waals surface area contributed by atoms with E-state index < -0.39 is 47.9 Å². The van der Waals surface area contributed by atoms with Crippen molar-refractivity contribution in [3.05, 3.63) is 35.9 Å². The van der Waals surface area contributed by atoms with Crippen LogP contribution < -0.4 is 5.32 Å². The van der Waals surface area contributed by atoms with Crippen molar-refractivity contribution in [3.8, 4) is 0 Å². The molecule has 0 aromatic heterocycles. The molecule has 178 valence electrons. The number of carbonyl (C=O) groups is 3. The van der Waals surface area contributed by atoms with E-state index in [1.807, 2.05) is 37.3 Å². The van der Waals surface area contributed by atoms with Crippen molar-refractivity contribution < 1.29 is 29.0 Å². The molecule has 0 bridgehead atoms. The molecule has 2 N–H and O–H groups in total. The summed E-state index contributed by atoms with van der Waals surface area (Å²) in [6, 6.07) is 8.68. The number of ether oxygens (including phenoxy) is 2. The van der Waals surface area contributed by atoms with Gasteiger partial charge in [-0.05, 0) is 59.4 Å². The molecule has 1 saturated heterocycles. The second-order valence-corrected chi connectivity index (χ2v) is 9.50. The Hall–Kier alpha value is -2.61. The Morgan fingerprint density at radius 2 is 1.81 bits per heavy atom. The summed E-state index contributed by atoms with van der Waals surface area (Å²) in [6.45, 7) is 10.6. The van der Waals surface area contributed by atoms with Crippen LogP contribution in [-0.4, -0.2) is 51.9 Å². The minimum absolute atomic E-state index is 0.136. The van der Waals surface area contributed by atoms with E-state index in [1.165, 1.54) is 0 Å². The van der Waals surface area contributed by atoms with Gasteiger partial charge in [-0.15, -0.1) is 0 Å². The minimum Gasteiger partial charge on any atom is -0.444 e. The van der Waals surface area contributed by atoms with Crippen LogP contribution in [0.25, 0.3) is 0 Å². The highest BCUT2D eigenvalue weighted by Gasteiger charge is 2.45. The third kappa shape index (κ3) is 6.95. The Labute approximate surface area is 190 Å². The summed E-state index contributed by atoms with van der Waals surface area (Å²) in [5.74, 6) is -1.21. The molecule has 0 spiro atoms. The normalized spacial score (nSPS) is 21.5. The molecule has 4 unspecified atom stereocenters. The summed E-state index contributed by atoms with van der Waals surface area (Å²) in [5, 5.41) is 13.3. The highest BCUT2D eigenvalue weighted by Crippen LogP contribution is 2.33. The lowest BCUT2D eigenvalue weighted by atomic mass is 9.96. The summed E-state index contributed by atoms with van der Waals surface area (Å²) in [5.41, 5.74) is 0.256. The molecule has 8 nitrogen and oxygen atoms in total. The average Bonchev–Trinajstić information content (AvgIpc) is 2.99. The van der Waals surface area contributed by atoms with Crippen LogP contribution in [0.1, 0.15) is 72.5 Å². The molecule has 3 amide bonds. The Bertz CT molecular complexity index is 791.